The summed E-state index contributed by atoms with van der Waals surface area (Å²) in [6.45, 7) is 1.61. The van der Waals surface area contributed by atoms with Crippen LogP contribution in [0.1, 0.15) is 23.7 Å². The molecule has 0 spiro atoms. The van der Waals surface area contributed by atoms with E-state index in [-0.39, 0.29) is 28.1 Å². The van der Waals surface area contributed by atoms with E-state index in [0.717, 1.165) is 0 Å². The quantitative estimate of drug-likeness (QED) is 0.716. The molecule has 1 amide bonds. The molecule has 1 aliphatic heterocycles. The van der Waals surface area contributed by atoms with Gasteiger partial charge in [-0.25, -0.2) is 13.2 Å². The van der Waals surface area contributed by atoms with Crippen molar-refractivity contribution in [2.24, 2.45) is 0 Å². The highest BCUT2D eigenvalue weighted by atomic mass is 35.5. The highest BCUT2D eigenvalue weighted by Gasteiger charge is 2.34. The molecule has 0 aliphatic carbocycles. The number of sulfone groups is 1. The summed E-state index contributed by atoms with van der Waals surface area (Å²) in [5.41, 5.74) is 0.0726. The second kappa shape index (κ2) is 7.72. The van der Waals surface area contributed by atoms with Crippen molar-refractivity contribution in [3.63, 3.8) is 0 Å². The zero-order valence-corrected chi connectivity index (χ0v) is 15.3. The first-order valence-electron chi connectivity index (χ1n) is 7.35. The van der Waals surface area contributed by atoms with Crippen LogP contribution in [-0.4, -0.2) is 55.9 Å². The summed E-state index contributed by atoms with van der Waals surface area (Å²) in [5, 5.41) is 0.495. The maximum Gasteiger partial charge on any atom is 0.340 e. The minimum atomic E-state index is -3.10. The fourth-order valence-electron chi connectivity index (χ4n) is 2.60. The van der Waals surface area contributed by atoms with Crippen molar-refractivity contribution in [1.82, 2.24) is 4.90 Å². The van der Waals surface area contributed by atoms with Crippen molar-refractivity contribution >= 4 is 44.9 Å². The van der Waals surface area contributed by atoms with E-state index in [0.29, 0.717) is 18.0 Å². The van der Waals surface area contributed by atoms with Crippen molar-refractivity contribution in [2.75, 3.05) is 24.7 Å². The first-order valence-corrected chi connectivity index (χ1v) is 9.93. The summed E-state index contributed by atoms with van der Waals surface area (Å²) in [6.07, 6.45) is 0.399. The normalized spacial score (nSPS) is 19.0. The fraction of sp³-hybridized carbons (Fsp3) is 0.467. The van der Waals surface area contributed by atoms with Crippen LogP contribution in [0.4, 0.5) is 0 Å². The number of benzene rings is 1. The van der Waals surface area contributed by atoms with Gasteiger partial charge in [0.1, 0.15) is 0 Å². The Morgan fingerprint density at radius 2 is 2.04 bits per heavy atom. The van der Waals surface area contributed by atoms with Gasteiger partial charge in [-0.15, -0.1) is 0 Å². The van der Waals surface area contributed by atoms with Crippen LogP contribution >= 0.6 is 23.2 Å². The van der Waals surface area contributed by atoms with Gasteiger partial charge >= 0.3 is 5.97 Å². The van der Waals surface area contributed by atoms with Crippen molar-refractivity contribution in [1.29, 1.82) is 0 Å². The second-order valence-corrected chi connectivity index (χ2v) is 8.51. The number of rotatable bonds is 5. The predicted octanol–water partition coefficient (Wildman–Crippen LogP) is 2.19. The van der Waals surface area contributed by atoms with E-state index in [1.54, 1.807) is 6.92 Å². The number of ether oxygens (including phenoxy) is 1. The number of amides is 1. The lowest BCUT2D eigenvalue weighted by atomic mass is 10.2. The van der Waals surface area contributed by atoms with E-state index in [1.165, 1.54) is 23.1 Å². The van der Waals surface area contributed by atoms with Gasteiger partial charge in [0.15, 0.2) is 16.4 Å². The molecule has 1 aromatic rings. The van der Waals surface area contributed by atoms with Gasteiger partial charge in [-0.1, -0.05) is 23.2 Å². The number of hydrogen-bond acceptors (Lipinski definition) is 5. The molecule has 2 rings (SSSR count). The molecule has 1 saturated heterocycles. The van der Waals surface area contributed by atoms with Gasteiger partial charge in [0.2, 0.25) is 0 Å². The number of carbonyl (C=O) groups is 2. The standard InChI is InChI=1S/C15H17Cl2NO5S/c1-2-18(11-5-6-24(21,22)9-11)14(19)8-23-15(20)12-7-10(16)3-4-13(12)17/h3-4,7,11H,2,5-6,8-9H2,1H3. The van der Waals surface area contributed by atoms with Gasteiger partial charge in [-0.3, -0.25) is 4.79 Å². The minimum Gasteiger partial charge on any atom is -0.452 e. The monoisotopic (exact) mass is 393 g/mol. The number of likely N-dealkylation sites (N-methyl/N-ethyl adjacent to an activating group) is 1. The summed E-state index contributed by atoms with van der Waals surface area (Å²) in [5.74, 6) is -1.18. The maximum absolute atomic E-state index is 12.3. The van der Waals surface area contributed by atoms with E-state index in [1.807, 2.05) is 0 Å². The van der Waals surface area contributed by atoms with Gasteiger partial charge < -0.3 is 9.64 Å². The molecule has 132 valence electrons. The molecule has 1 unspecified atom stereocenters. The van der Waals surface area contributed by atoms with Crippen LogP contribution in [-0.2, 0) is 19.4 Å². The van der Waals surface area contributed by atoms with Gasteiger partial charge in [-0.05, 0) is 31.5 Å². The number of esters is 1. The van der Waals surface area contributed by atoms with E-state index >= 15 is 0 Å². The third-order valence-corrected chi connectivity index (χ3v) is 6.10. The van der Waals surface area contributed by atoms with Crippen LogP contribution in [0.15, 0.2) is 18.2 Å². The number of hydrogen-bond donors (Lipinski definition) is 0. The molecule has 0 N–H and O–H groups in total. The fourth-order valence-corrected chi connectivity index (χ4v) is 4.70. The summed E-state index contributed by atoms with van der Waals surface area (Å²) in [6, 6.07) is 3.98. The number of nitrogens with zero attached hydrogens (tertiary/aromatic N) is 1. The molecule has 9 heteroatoms. The van der Waals surface area contributed by atoms with E-state index in [2.05, 4.69) is 0 Å². The molecule has 0 bridgehead atoms. The Bertz CT molecular complexity index is 750. The smallest absolute Gasteiger partial charge is 0.340 e. The van der Waals surface area contributed by atoms with Crippen molar-refractivity contribution in [3.05, 3.63) is 33.8 Å². The lowest BCUT2D eigenvalue weighted by molar-refractivity contribution is -0.136. The predicted molar refractivity (Wildman–Crippen MR) is 91.2 cm³/mol. The summed E-state index contributed by atoms with van der Waals surface area (Å²) in [4.78, 5) is 25.7. The Labute approximate surface area is 150 Å². The van der Waals surface area contributed by atoms with Crippen LogP contribution in [0.2, 0.25) is 10.0 Å². The SMILES string of the molecule is CCN(C(=O)COC(=O)c1cc(Cl)ccc1Cl)C1CCS(=O)(=O)C1. The van der Waals surface area contributed by atoms with E-state index in [4.69, 9.17) is 27.9 Å². The molecule has 1 aromatic carbocycles. The molecule has 0 aromatic heterocycles. The third kappa shape index (κ3) is 4.62. The Kier molecular flexibility index (Phi) is 6.11. The van der Waals surface area contributed by atoms with Crippen LogP contribution in [0.3, 0.4) is 0 Å². The molecule has 6 nitrogen and oxygen atoms in total. The van der Waals surface area contributed by atoms with Crippen molar-refractivity contribution < 1.29 is 22.7 Å². The maximum atomic E-state index is 12.3. The highest BCUT2D eigenvalue weighted by Crippen LogP contribution is 2.22. The van der Waals surface area contributed by atoms with Crippen LogP contribution in [0, 0.1) is 0 Å². The molecule has 24 heavy (non-hydrogen) atoms. The molecule has 1 fully saturated rings. The Balaban J connectivity index is 1.98. The zero-order chi connectivity index (χ0) is 17.9. The minimum absolute atomic E-state index is 0.0549. The van der Waals surface area contributed by atoms with Gasteiger partial charge in [0.25, 0.3) is 5.91 Å². The summed E-state index contributed by atoms with van der Waals surface area (Å²) in [7, 11) is -3.10. The van der Waals surface area contributed by atoms with Crippen LogP contribution in [0.5, 0.6) is 0 Å². The largest absolute Gasteiger partial charge is 0.452 e. The molecule has 1 aliphatic rings. The van der Waals surface area contributed by atoms with Crippen molar-refractivity contribution in [3.8, 4) is 0 Å². The van der Waals surface area contributed by atoms with E-state index in [9.17, 15) is 18.0 Å². The number of carbonyl (C=O) groups excluding carboxylic acids is 2. The van der Waals surface area contributed by atoms with Crippen molar-refractivity contribution in [2.45, 2.75) is 19.4 Å². The third-order valence-electron chi connectivity index (χ3n) is 3.79. The average Bonchev–Trinajstić information content (AvgIpc) is 2.87. The molecular weight excluding hydrogens is 377 g/mol. The first kappa shape index (κ1) is 19.0. The second-order valence-electron chi connectivity index (χ2n) is 5.44. The Morgan fingerprint density at radius 3 is 2.62 bits per heavy atom. The lowest BCUT2D eigenvalue weighted by Crippen LogP contribution is -2.43. The molecule has 0 saturated carbocycles. The van der Waals surface area contributed by atoms with Gasteiger partial charge in [0.05, 0.1) is 22.1 Å². The average molecular weight is 394 g/mol. The molecular formula is C15H17Cl2NO5S. The molecule has 1 heterocycles. The first-order chi connectivity index (χ1) is 11.2. The topological polar surface area (TPSA) is 80.8 Å². The summed E-state index contributed by atoms with van der Waals surface area (Å²) < 4.78 is 28.1. The van der Waals surface area contributed by atoms with Gasteiger partial charge in [0, 0.05) is 17.6 Å². The highest BCUT2D eigenvalue weighted by molar-refractivity contribution is 7.91. The molecule has 0 radical (unpaired) electrons. The number of halogens is 2. The van der Waals surface area contributed by atoms with E-state index < -0.39 is 28.3 Å². The molecule has 1 atom stereocenters. The summed E-state index contributed by atoms with van der Waals surface area (Å²) >= 11 is 11.7. The Hall–Kier alpha value is -1.31. The van der Waals surface area contributed by atoms with Gasteiger partial charge in [-0.2, -0.15) is 0 Å². The zero-order valence-electron chi connectivity index (χ0n) is 13.0. The lowest BCUT2D eigenvalue weighted by Gasteiger charge is -2.26. The Morgan fingerprint density at radius 1 is 1.33 bits per heavy atom. The van der Waals surface area contributed by atoms with Crippen LogP contribution < -0.4 is 0 Å². The van der Waals surface area contributed by atoms with Crippen LogP contribution in [0.25, 0.3) is 0 Å².